The molecule has 3 heterocycles. The number of anilines is 6. The minimum Gasteiger partial charge on any atom is -0.494 e. The van der Waals surface area contributed by atoms with Crippen LogP contribution in [0.15, 0.2) is 61.3 Å². The second-order valence-electron chi connectivity index (χ2n) is 8.87. The average molecular weight is 532 g/mol. The van der Waals surface area contributed by atoms with Crippen LogP contribution in [0.3, 0.4) is 0 Å². The number of carbonyl (C=O) groups excluding carboxylic acids is 2. The normalized spacial score (nSPS) is 15.1. The van der Waals surface area contributed by atoms with Gasteiger partial charge < -0.3 is 25.2 Å². The highest BCUT2D eigenvalue weighted by atomic mass is 32.2. The lowest BCUT2D eigenvalue weighted by Gasteiger charge is -2.34. The van der Waals surface area contributed by atoms with Crippen LogP contribution < -0.4 is 25.2 Å². The van der Waals surface area contributed by atoms with Crippen molar-refractivity contribution in [2.24, 2.45) is 0 Å². The van der Waals surface area contributed by atoms with E-state index in [0.717, 1.165) is 41.5 Å². The Labute approximate surface area is 225 Å². The molecule has 0 saturated carbocycles. The highest BCUT2D eigenvalue weighted by Crippen LogP contribution is 2.36. The highest BCUT2D eigenvalue weighted by Gasteiger charge is 2.31. The van der Waals surface area contributed by atoms with Crippen LogP contribution in [-0.2, 0) is 11.3 Å². The molecule has 2 aliphatic rings. The van der Waals surface area contributed by atoms with Gasteiger partial charge in [0, 0.05) is 60.8 Å². The van der Waals surface area contributed by atoms with Crippen molar-refractivity contribution in [2.75, 3.05) is 59.2 Å². The Morgan fingerprint density at radius 2 is 1.97 bits per heavy atom. The highest BCUT2D eigenvalue weighted by molar-refractivity contribution is 7.99. The molecule has 2 aromatic carbocycles. The van der Waals surface area contributed by atoms with Crippen molar-refractivity contribution in [2.45, 2.75) is 6.54 Å². The number of rotatable bonds is 7. The molecule has 3 amide bonds. The molecule has 10 nitrogen and oxygen atoms in total. The van der Waals surface area contributed by atoms with Gasteiger partial charge in [0.05, 0.1) is 25.0 Å². The fourth-order valence-corrected chi connectivity index (χ4v) is 5.32. The van der Waals surface area contributed by atoms with Crippen LogP contribution >= 0.6 is 11.8 Å². The number of methoxy groups -OCH3 is 1. The number of carbonyl (C=O) groups is 2. The van der Waals surface area contributed by atoms with Crippen LogP contribution in [0.2, 0.25) is 0 Å². The maximum atomic E-state index is 13.3. The molecule has 0 aliphatic carbocycles. The molecule has 196 valence electrons. The average Bonchev–Trinajstić information content (AvgIpc) is 2.94. The van der Waals surface area contributed by atoms with Crippen molar-refractivity contribution < 1.29 is 14.3 Å². The number of thioether (sulfide) groups is 1. The van der Waals surface area contributed by atoms with Gasteiger partial charge in [0.25, 0.3) is 0 Å². The number of hydrogen-bond donors (Lipinski definition) is 2. The largest absolute Gasteiger partial charge is 0.494 e. The lowest BCUT2D eigenvalue weighted by Crippen LogP contribution is -2.43. The van der Waals surface area contributed by atoms with Crippen molar-refractivity contribution in [1.82, 2.24) is 14.9 Å². The molecule has 2 aliphatic heterocycles. The van der Waals surface area contributed by atoms with Crippen molar-refractivity contribution in [1.29, 1.82) is 0 Å². The third kappa shape index (κ3) is 5.23. The van der Waals surface area contributed by atoms with E-state index in [2.05, 4.69) is 33.2 Å². The Kier molecular flexibility index (Phi) is 7.36. The van der Waals surface area contributed by atoms with E-state index in [1.54, 1.807) is 49.5 Å². The second-order valence-corrected chi connectivity index (χ2v) is 10.1. The number of fused-ring (bicyclic) bond motifs is 1. The zero-order valence-corrected chi connectivity index (χ0v) is 22.1. The Morgan fingerprint density at radius 3 is 2.74 bits per heavy atom. The number of aromatic nitrogens is 2. The number of benzene rings is 2. The molecule has 38 heavy (non-hydrogen) atoms. The molecule has 0 bridgehead atoms. The van der Waals surface area contributed by atoms with Gasteiger partial charge in [-0.05, 0) is 36.4 Å². The maximum absolute atomic E-state index is 13.3. The van der Waals surface area contributed by atoms with E-state index in [1.807, 2.05) is 23.9 Å². The van der Waals surface area contributed by atoms with E-state index >= 15 is 0 Å². The minimum absolute atomic E-state index is 0.240. The van der Waals surface area contributed by atoms with Gasteiger partial charge in [0.1, 0.15) is 5.75 Å². The summed E-state index contributed by atoms with van der Waals surface area (Å²) in [6, 6.07) is 12.8. The summed E-state index contributed by atoms with van der Waals surface area (Å²) in [7, 11) is 3.36. The molecule has 0 unspecified atom stereocenters. The smallest absolute Gasteiger partial charge is 0.330 e. The molecule has 1 saturated heterocycles. The zero-order valence-electron chi connectivity index (χ0n) is 21.3. The van der Waals surface area contributed by atoms with Crippen LogP contribution in [0.1, 0.15) is 5.56 Å². The first-order valence-corrected chi connectivity index (χ1v) is 13.3. The molecule has 1 fully saturated rings. The van der Waals surface area contributed by atoms with Crippen LogP contribution in [0.5, 0.6) is 5.75 Å². The van der Waals surface area contributed by atoms with Crippen molar-refractivity contribution in [3.63, 3.8) is 0 Å². The number of nitrogens with zero attached hydrogens (tertiary/aromatic N) is 5. The van der Waals surface area contributed by atoms with Gasteiger partial charge in [-0.15, -0.1) is 0 Å². The van der Waals surface area contributed by atoms with Gasteiger partial charge >= 0.3 is 6.03 Å². The second kappa shape index (κ2) is 11.0. The molecular formula is C27H29N7O3S. The van der Waals surface area contributed by atoms with E-state index in [1.165, 1.54) is 11.0 Å². The van der Waals surface area contributed by atoms with Crippen LogP contribution in [0.4, 0.5) is 39.3 Å². The summed E-state index contributed by atoms with van der Waals surface area (Å²) in [4.78, 5) is 39.8. The van der Waals surface area contributed by atoms with Crippen molar-refractivity contribution in [3.8, 4) is 5.75 Å². The van der Waals surface area contributed by atoms with Gasteiger partial charge in [0.2, 0.25) is 11.9 Å². The fourth-order valence-electron chi connectivity index (χ4n) is 4.42. The van der Waals surface area contributed by atoms with E-state index < -0.39 is 0 Å². The SMILES string of the molecule is C=CC(=O)Nc1cccc(N2C(=O)N(C)Cc3cnc(Nc4ccc(N5CCSCC5)cc4OC)nc32)c1. The lowest BCUT2D eigenvalue weighted by atomic mass is 10.2. The number of urea groups is 1. The predicted molar refractivity (Wildman–Crippen MR) is 152 cm³/mol. The third-order valence-corrected chi connectivity index (χ3v) is 7.29. The van der Waals surface area contributed by atoms with Crippen molar-refractivity contribution >= 4 is 58.2 Å². The van der Waals surface area contributed by atoms with Crippen LogP contribution in [0, 0.1) is 0 Å². The van der Waals surface area contributed by atoms with E-state index in [4.69, 9.17) is 9.72 Å². The summed E-state index contributed by atoms with van der Waals surface area (Å²) < 4.78 is 5.67. The Hall–Kier alpha value is -4.25. The van der Waals surface area contributed by atoms with Crippen molar-refractivity contribution in [3.05, 3.63) is 66.9 Å². The molecule has 11 heteroatoms. The monoisotopic (exact) mass is 531 g/mol. The molecular weight excluding hydrogens is 502 g/mol. The summed E-state index contributed by atoms with van der Waals surface area (Å²) in [6.45, 7) is 5.88. The molecule has 0 atom stereocenters. The molecule has 2 N–H and O–H groups in total. The molecule has 0 radical (unpaired) electrons. The van der Waals surface area contributed by atoms with Gasteiger partial charge in [-0.25, -0.2) is 14.7 Å². The first-order valence-electron chi connectivity index (χ1n) is 12.2. The van der Waals surface area contributed by atoms with Gasteiger partial charge in [-0.1, -0.05) is 12.6 Å². The van der Waals surface area contributed by atoms with Gasteiger partial charge in [0.15, 0.2) is 5.82 Å². The predicted octanol–water partition coefficient (Wildman–Crippen LogP) is 4.61. The zero-order chi connectivity index (χ0) is 26.6. The van der Waals surface area contributed by atoms with Crippen LogP contribution in [0.25, 0.3) is 0 Å². The number of nitrogens with one attached hydrogen (secondary N) is 2. The number of hydrogen-bond acceptors (Lipinski definition) is 8. The molecule has 0 spiro atoms. The molecule has 3 aromatic rings. The molecule has 1 aromatic heterocycles. The first-order chi connectivity index (χ1) is 18.5. The summed E-state index contributed by atoms with van der Waals surface area (Å²) >= 11 is 1.97. The van der Waals surface area contributed by atoms with E-state index in [9.17, 15) is 9.59 Å². The summed E-state index contributed by atoms with van der Waals surface area (Å²) in [5.41, 5.74) is 3.74. The summed E-state index contributed by atoms with van der Waals surface area (Å²) in [5, 5.41) is 5.99. The van der Waals surface area contributed by atoms with E-state index in [-0.39, 0.29) is 11.9 Å². The van der Waals surface area contributed by atoms with E-state index in [0.29, 0.717) is 35.4 Å². The summed E-state index contributed by atoms with van der Waals surface area (Å²) in [5.74, 6) is 3.37. The standard InChI is InChI=1S/C27H29N7O3S/c1-4-24(35)29-19-6-5-7-21(14-19)34-25-18(17-32(2)27(34)36)16-28-26(31-25)30-22-9-8-20(15-23(22)37-3)33-10-12-38-13-11-33/h4-9,14-16H,1,10-13,17H2,2-3H3,(H,29,35)(H,28,30,31). The summed E-state index contributed by atoms with van der Waals surface area (Å²) in [6.07, 6.45) is 2.91. The lowest BCUT2D eigenvalue weighted by molar-refractivity contribution is -0.111. The van der Waals surface area contributed by atoms with Gasteiger partial charge in [-0.3, -0.25) is 4.79 Å². The van der Waals surface area contributed by atoms with Gasteiger partial charge in [-0.2, -0.15) is 16.7 Å². The topological polar surface area (TPSA) is 103 Å². The number of ether oxygens (including phenoxy) is 1. The minimum atomic E-state index is -0.336. The Balaban J connectivity index is 1.46. The van der Waals surface area contributed by atoms with Crippen LogP contribution in [-0.4, -0.2) is 65.6 Å². The first kappa shape index (κ1) is 25.4. The Morgan fingerprint density at radius 1 is 1.16 bits per heavy atom. The quantitative estimate of drug-likeness (QED) is 0.426. The third-order valence-electron chi connectivity index (χ3n) is 6.34. The number of amides is 3. The molecule has 5 rings (SSSR count). The maximum Gasteiger partial charge on any atom is 0.330 e. The fraction of sp³-hybridized carbons (Fsp3) is 0.259. The Bertz CT molecular complexity index is 1380.